The first kappa shape index (κ1) is 15.7. The number of hydrogen-bond acceptors (Lipinski definition) is 2. The molecule has 0 saturated carbocycles. The highest BCUT2D eigenvalue weighted by atomic mass is 16.5. The Balaban J connectivity index is 2.68. The van der Waals surface area contributed by atoms with Crippen LogP contribution in [0.1, 0.15) is 45.6 Å². The van der Waals surface area contributed by atoms with E-state index in [-0.39, 0.29) is 5.92 Å². The summed E-state index contributed by atoms with van der Waals surface area (Å²) in [7, 11) is 0. The Morgan fingerprint density at radius 1 is 1.37 bits per heavy atom. The highest BCUT2D eigenvalue weighted by Crippen LogP contribution is 2.28. The summed E-state index contributed by atoms with van der Waals surface area (Å²) >= 11 is 0. The minimum Gasteiger partial charge on any atom is -0.479 e. The molecule has 19 heavy (non-hydrogen) atoms. The van der Waals surface area contributed by atoms with Crippen LogP contribution in [0.15, 0.2) is 30.3 Å². The second-order valence-corrected chi connectivity index (χ2v) is 5.23. The van der Waals surface area contributed by atoms with Gasteiger partial charge in [0.05, 0.1) is 6.61 Å². The lowest BCUT2D eigenvalue weighted by Crippen LogP contribution is -2.44. The van der Waals surface area contributed by atoms with E-state index >= 15 is 0 Å². The highest BCUT2D eigenvalue weighted by Gasteiger charge is 2.39. The van der Waals surface area contributed by atoms with E-state index in [1.54, 1.807) is 6.92 Å². The Hall–Kier alpha value is -1.35. The smallest absolute Gasteiger partial charge is 0.335 e. The third kappa shape index (κ3) is 4.35. The molecule has 0 amide bonds. The molecule has 1 aromatic carbocycles. The fraction of sp³-hybridized carbons (Fsp3) is 0.562. The normalized spacial score (nSPS) is 15.7. The molecular weight excluding hydrogens is 240 g/mol. The van der Waals surface area contributed by atoms with Crippen LogP contribution in [0.3, 0.4) is 0 Å². The van der Waals surface area contributed by atoms with Gasteiger partial charge in [0, 0.05) is 0 Å². The van der Waals surface area contributed by atoms with Gasteiger partial charge in [-0.15, -0.1) is 0 Å². The van der Waals surface area contributed by atoms with Crippen LogP contribution < -0.4 is 0 Å². The summed E-state index contributed by atoms with van der Waals surface area (Å²) in [6.45, 7) is 6.07. The van der Waals surface area contributed by atoms with Crippen LogP contribution in [0.5, 0.6) is 0 Å². The van der Waals surface area contributed by atoms with Gasteiger partial charge in [-0.05, 0) is 24.8 Å². The molecule has 0 aliphatic rings. The summed E-state index contributed by atoms with van der Waals surface area (Å²) in [6, 6.07) is 9.68. The number of rotatable bonds is 8. The molecule has 3 heteroatoms. The number of unbranched alkanes of at least 4 members (excludes halogenated alkanes) is 1. The van der Waals surface area contributed by atoms with E-state index in [9.17, 15) is 9.90 Å². The summed E-state index contributed by atoms with van der Waals surface area (Å²) in [5.74, 6) is -0.888. The van der Waals surface area contributed by atoms with E-state index in [2.05, 4.69) is 6.92 Å². The lowest BCUT2D eigenvalue weighted by Gasteiger charge is -2.31. The number of aliphatic carboxylic acids is 1. The summed E-state index contributed by atoms with van der Waals surface area (Å²) in [5.41, 5.74) is -0.122. The maximum absolute atomic E-state index is 11.5. The summed E-state index contributed by atoms with van der Waals surface area (Å²) in [4.78, 5) is 11.5. The number of carboxylic acid groups (broad SMARTS) is 1. The maximum atomic E-state index is 11.5. The van der Waals surface area contributed by atoms with Crippen LogP contribution >= 0.6 is 0 Å². The zero-order valence-corrected chi connectivity index (χ0v) is 12.1. The fourth-order valence-electron chi connectivity index (χ4n) is 2.01. The van der Waals surface area contributed by atoms with Crippen molar-refractivity contribution in [2.45, 2.75) is 52.2 Å². The maximum Gasteiger partial charge on any atom is 0.335 e. The molecule has 0 saturated heterocycles. The molecule has 0 fully saturated rings. The van der Waals surface area contributed by atoms with Gasteiger partial charge in [0.2, 0.25) is 0 Å². The summed E-state index contributed by atoms with van der Waals surface area (Å²) in [5, 5.41) is 9.46. The van der Waals surface area contributed by atoms with Gasteiger partial charge in [0.15, 0.2) is 5.60 Å². The predicted octanol–water partition coefficient (Wildman–Crippen LogP) is 3.87. The molecule has 0 aromatic heterocycles. The number of benzene rings is 1. The van der Waals surface area contributed by atoms with Crippen LogP contribution in [0.4, 0.5) is 0 Å². The van der Waals surface area contributed by atoms with Crippen molar-refractivity contribution in [1.82, 2.24) is 0 Å². The Kier molecular flexibility index (Phi) is 6.03. The molecule has 3 nitrogen and oxygen atoms in total. The second-order valence-electron chi connectivity index (χ2n) is 5.23. The van der Waals surface area contributed by atoms with Crippen molar-refractivity contribution in [1.29, 1.82) is 0 Å². The largest absolute Gasteiger partial charge is 0.479 e. The Labute approximate surface area is 115 Å². The van der Waals surface area contributed by atoms with Crippen molar-refractivity contribution in [2.75, 3.05) is 0 Å². The van der Waals surface area contributed by atoms with Gasteiger partial charge in [-0.3, -0.25) is 0 Å². The quantitative estimate of drug-likeness (QED) is 0.775. The van der Waals surface area contributed by atoms with Gasteiger partial charge in [0.25, 0.3) is 0 Å². The molecule has 0 radical (unpaired) electrons. The van der Waals surface area contributed by atoms with Gasteiger partial charge < -0.3 is 9.84 Å². The SMILES string of the molecule is CCCCC(C)C(C)(OCc1ccccc1)C(=O)O. The topological polar surface area (TPSA) is 46.5 Å². The minimum absolute atomic E-state index is 0.00587. The van der Waals surface area contributed by atoms with Crippen LogP contribution in [0, 0.1) is 5.92 Å². The highest BCUT2D eigenvalue weighted by molar-refractivity contribution is 5.77. The number of carbonyl (C=O) groups is 1. The Bertz CT molecular complexity index is 388. The molecule has 0 spiro atoms. The molecule has 0 bridgehead atoms. The average Bonchev–Trinajstić information content (AvgIpc) is 2.42. The van der Waals surface area contributed by atoms with E-state index in [0.29, 0.717) is 6.61 Å². The van der Waals surface area contributed by atoms with Gasteiger partial charge >= 0.3 is 5.97 Å². The van der Waals surface area contributed by atoms with E-state index in [1.165, 1.54) is 0 Å². The van der Waals surface area contributed by atoms with Crippen molar-refractivity contribution in [2.24, 2.45) is 5.92 Å². The molecule has 0 heterocycles. The molecule has 2 atom stereocenters. The lowest BCUT2D eigenvalue weighted by molar-refractivity contribution is -0.173. The Morgan fingerprint density at radius 2 is 2.00 bits per heavy atom. The molecule has 1 N–H and O–H groups in total. The van der Waals surface area contributed by atoms with E-state index in [0.717, 1.165) is 24.8 Å². The minimum atomic E-state index is -1.12. The van der Waals surface area contributed by atoms with Crippen LogP contribution in [-0.4, -0.2) is 16.7 Å². The molecule has 1 rings (SSSR count). The van der Waals surface area contributed by atoms with Crippen LogP contribution in [0.25, 0.3) is 0 Å². The third-order valence-corrected chi connectivity index (χ3v) is 3.74. The first-order valence-electron chi connectivity index (χ1n) is 6.92. The van der Waals surface area contributed by atoms with Crippen molar-refractivity contribution in [3.8, 4) is 0 Å². The van der Waals surface area contributed by atoms with Gasteiger partial charge in [-0.2, -0.15) is 0 Å². The molecule has 0 aliphatic carbocycles. The van der Waals surface area contributed by atoms with Crippen molar-refractivity contribution < 1.29 is 14.6 Å². The first-order valence-corrected chi connectivity index (χ1v) is 6.92. The molecule has 106 valence electrons. The number of hydrogen-bond donors (Lipinski definition) is 1. The van der Waals surface area contributed by atoms with E-state index in [1.807, 2.05) is 37.3 Å². The predicted molar refractivity (Wildman–Crippen MR) is 76.0 cm³/mol. The molecule has 2 unspecified atom stereocenters. The lowest BCUT2D eigenvalue weighted by atomic mass is 9.86. The first-order chi connectivity index (χ1) is 9.00. The summed E-state index contributed by atoms with van der Waals surface area (Å²) in [6.07, 6.45) is 2.96. The molecule has 1 aromatic rings. The van der Waals surface area contributed by atoms with Crippen molar-refractivity contribution in [3.05, 3.63) is 35.9 Å². The Morgan fingerprint density at radius 3 is 2.53 bits per heavy atom. The van der Waals surface area contributed by atoms with E-state index < -0.39 is 11.6 Å². The van der Waals surface area contributed by atoms with Crippen molar-refractivity contribution >= 4 is 5.97 Å². The van der Waals surface area contributed by atoms with Gasteiger partial charge in [0.1, 0.15) is 0 Å². The van der Waals surface area contributed by atoms with Crippen molar-refractivity contribution in [3.63, 3.8) is 0 Å². The monoisotopic (exact) mass is 264 g/mol. The van der Waals surface area contributed by atoms with E-state index in [4.69, 9.17) is 4.74 Å². The zero-order valence-electron chi connectivity index (χ0n) is 12.1. The number of ether oxygens (including phenoxy) is 1. The molecule has 0 aliphatic heterocycles. The van der Waals surface area contributed by atoms with Gasteiger partial charge in [-0.1, -0.05) is 57.0 Å². The number of carboxylic acids is 1. The second kappa shape index (κ2) is 7.29. The van der Waals surface area contributed by atoms with Crippen LogP contribution in [-0.2, 0) is 16.1 Å². The fourth-order valence-corrected chi connectivity index (χ4v) is 2.01. The average molecular weight is 264 g/mol. The third-order valence-electron chi connectivity index (χ3n) is 3.74. The van der Waals surface area contributed by atoms with Gasteiger partial charge in [-0.25, -0.2) is 4.79 Å². The molecular formula is C16H24O3. The standard InChI is InChI=1S/C16H24O3/c1-4-5-9-13(2)16(3,15(17)18)19-12-14-10-7-6-8-11-14/h6-8,10-11,13H,4-5,9,12H2,1-3H3,(H,17,18). The summed E-state index contributed by atoms with van der Waals surface area (Å²) < 4.78 is 5.74. The van der Waals surface area contributed by atoms with Crippen LogP contribution in [0.2, 0.25) is 0 Å². The zero-order chi connectivity index (χ0) is 14.3.